The van der Waals surface area contributed by atoms with E-state index in [0.717, 1.165) is 27.2 Å². The molecule has 7 heteroatoms. The number of hydrogen-bond donors (Lipinski definition) is 1. The van der Waals surface area contributed by atoms with Crippen molar-refractivity contribution in [3.05, 3.63) is 50.6 Å². The van der Waals surface area contributed by atoms with Crippen LogP contribution in [0.4, 0.5) is 5.69 Å². The molecule has 0 saturated carbocycles. The molecule has 1 aliphatic heterocycles. The SMILES string of the molecule is O=C(CCC(=O)N1CCCc2ccccc21)N/N=C/c1ccc(Br)s1. The van der Waals surface area contributed by atoms with Crippen molar-refractivity contribution < 1.29 is 9.59 Å². The van der Waals surface area contributed by atoms with Crippen LogP contribution < -0.4 is 10.3 Å². The van der Waals surface area contributed by atoms with E-state index >= 15 is 0 Å². The van der Waals surface area contributed by atoms with Crippen LogP contribution in [0.5, 0.6) is 0 Å². The number of anilines is 1. The third kappa shape index (κ3) is 4.76. The van der Waals surface area contributed by atoms with E-state index < -0.39 is 0 Å². The number of aryl methyl sites for hydroxylation is 1. The molecule has 2 amide bonds. The van der Waals surface area contributed by atoms with Gasteiger partial charge in [0.2, 0.25) is 11.8 Å². The average Bonchev–Trinajstić information content (AvgIpc) is 3.04. The highest BCUT2D eigenvalue weighted by Crippen LogP contribution is 2.27. The number of nitrogens with one attached hydrogen (secondary N) is 1. The number of halogens is 1. The van der Waals surface area contributed by atoms with Gasteiger partial charge in [0, 0.05) is 30.0 Å². The van der Waals surface area contributed by atoms with E-state index in [1.54, 1.807) is 11.1 Å². The molecule has 25 heavy (non-hydrogen) atoms. The zero-order valence-corrected chi connectivity index (χ0v) is 16.0. The number of amides is 2. The second kappa shape index (κ2) is 8.40. The van der Waals surface area contributed by atoms with Gasteiger partial charge in [0.1, 0.15) is 0 Å². The number of carbonyl (C=O) groups is 2. The van der Waals surface area contributed by atoms with Crippen molar-refractivity contribution in [2.75, 3.05) is 11.4 Å². The number of fused-ring (bicyclic) bond motifs is 1. The second-order valence-electron chi connectivity index (χ2n) is 5.71. The number of rotatable bonds is 5. The summed E-state index contributed by atoms with van der Waals surface area (Å²) < 4.78 is 1.01. The highest BCUT2D eigenvalue weighted by molar-refractivity contribution is 9.11. The molecule has 130 valence electrons. The Balaban J connectivity index is 1.49. The van der Waals surface area contributed by atoms with Crippen LogP contribution >= 0.6 is 27.3 Å². The predicted molar refractivity (Wildman–Crippen MR) is 104 cm³/mol. The normalized spacial score (nSPS) is 13.7. The fourth-order valence-corrected chi connectivity index (χ4v) is 4.07. The third-order valence-corrected chi connectivity index (χ3v) is 5.51. The highest BCUT2D eigenvalue weighted by atomic mass is 79.9. The summed E-state index contributed by atoms with van der Waals surface area (Å²) in [4.78, 5) is 27.1. The van der Waals surface area contributed by atoms with Crippen molar-refractivity contribution in [1.29, 1.82) is 0 Å². The first kappa shape index (κ1) is 17.8. The Labute approximate surface area is 158 Å². The molecule has 0 unspecified atom stereocenters. The largest absolute Gasteiger partial charge is 0.312 e. The first-order valence-electron chi connectivity index (χ1n) is 8.09. The predicted octanol–water partition coefficient (Wildman–Crippen LogP) is 3.72. The molecular formula is C18H18BrN3O2S. The van der Waals surface area contributed by atoms with Crippen molar-refractivity contribution in [3.63, 3.8) is 0 Å². The van der Waals surface area contributed by atoms with Crippen LogP contribution in [-0.2, 0) is 16.0 Å². The van der Waals surface area contributed by atoms with Crippen LogP contribution in [-0.4, -0.2) is 24.6 Å². The van der Waals surface area contributed by atoms with E-state index in [-0.39, 0.29) is 24.7 Å². The molecule has 3 rings (SSSR count). The Morgan fingerprint density at radius 1 is 1.24 bits per heavy atom. The van der Waals surface area contributed by atoms with Crippen molar-refractivity contribution >= 4 is 51.0 Å². The van der Waals surface area contributed by atoms with Crippen LogP contribution in [0.25, 0.3) is 0 Å². The van der Waals surface area contributed by atoms with E-state index in [1.807, 2.05) is 30.3 Å². The molecule has 5 nitrogen and oxygen atoms in total. The maximum atomic E-state index is 12.5. The molecule has 1 N–H and O–H groups in total. The van der Waals surface area contributed by atoms with Crippen LogP contribution in [0.3, 0.4) is 0 Å². The lowest BCUT2D eigenvalue weighted by Gasteiger charge is -2.29. The second-order valence-corrected chi connectivity index (χ2v) is 8.21. The van der Waals surface area contributed by atoms with E-state index in [0.29, 0.717) is 6.54 Å². The van der Waals surface area contributed by atoms with E-state index in [2.05, 4.69) is 32.5 Å². The van der Waals surface area contributed by atoms with Gasteiger partial charge in [-0.2, -0.15) is 5.10 Å². The van der Waals surface area contributed by atoms with Gasteiger partial charge in [0.25, 0.3) is 0 Å². The van der Waals surface area contributed by atoms with Gasteiger partial charge in [-0.3, -0.25) is 9.59 Å². The summed E-state index contributed by atoms with van der Waals surface area (Å²) in [6.45, 7) is 0.711. The van der Waals surface area contributed by atoms with Gasteiger partial charge >= 0.3 is 0 Å². The van der Waals surface area contributed by atoms with Crippen molar-refractivity contribution in [2.45, 2.75) is 25.7 Å². The van der Waals surface area contributed by atoms with Gasteiger partial charge in [-0.1, -0.05) is 18.2 Å². The Morgan fingerprint density at radius 3 is 2.88 bits per heavy atom. The quantitative estimate of drug-likeness (QED) is 0.592. The molecule has 2 aromatic rings. The van der Waals surface area contributed by atoms with Gasteiger partial charge in [-0.15, -0.1) is 11.3 Å². The Kier molecular flexibility index (Phi) is 5.99. The maximum absolute atomic E-state index is 12.5. The van der Waals surface area contributed by atoms with E-state index in [9.17, 15) is 9.59 Å². The summed E-state index contributed by atoms with van der Waals surface area (Å²) in [7, 11) is 0. The molecule has 1 aliphatic rings. The Bertz CT molecular complexity index is 803. The molecule has 0 saturated heterocycles. The molecule has 0 bridgehead atoms. The summed E-state index contributed by atoms with van der Waals surface area (Å²) in [6, 6.07) is 11.8. The van der Waals surface area contributed by atoms with Gasteiger partial charge in [-0.05, 0) is 52.5 Å². The van der Waals surface area contributed by atoms with Crippen LogP contribution in [0.15, 0.2) is 45.3 Å². The molecule has 1 aromatic carbocycles. The first-order chi connectivity index (χ1) is 12.1. The fraction of sp³-hybridized carbons (Fsp3) is 0.278. The van der Waals surface area contributed by atoms with Crippen molar-refractivity contribution in [2.24, 2.45) is 5.10 Å². The minimum atomic E-state index is -0.259. The zero-order chi connectivity index (χ0) is 17.6. The lowest BCUT2D eigenvalue weighted by molar-refractivity contribution is -0.125. The first-order valence-corrected chi connectivity index (χ1v) is 9.70. The number of hydrazone groups is 1. The number of para-hydroxylation sites is 1. The number of nitrogens with zero attached hydrogens (tertiary/aromatic N) is 2. The summed E-state index contributed by atoms with van der Waals surface area (Å²) in [5.74, 6) is -0.279. The summed E-state index contributed by atoms with van der Waals surface area (Å²) >= 11 is 4.90. The minimum absolute atomic E-state index is 0.0199. The van der Waals surface area contributed by atoms with Crippen molar-refractivity contribution in [3.8, 4) is 0 Å². The monoisotopic (exact) mass is 419 g/mol. The molecule has 2 heterocycles. The van der Waals surface area contributed by atoms with Gasteiger partial charge in [-0.25, -0.2) is 5.43 Å². The molecule has 0 radical (unpaired) electrons. The molecule has 0 spiro atoms. The molecular weight excluding hydrogens is 402 g/mol. The Morgan fingerprint density at radius 2 is 2.08 bits per heavy atom. The molecule has 0 aliphatic carbocycles. The van der Waals surface area contributed by atoms with Crippen molar-refractivity contribution in [1.82, 2.24) is 5.43 Å². The highest BCUT2D eigenvalue weighted by Gasteiger charge is 2.22. The number of hydrogen-bond acceptors (Lipinski definition) is 4. The summed E-state index contributed by atoms with van der Waals surface area (Å²) in [6.07, 6.45) is 3.85. The van der Waals surface area contributed by atoms with E-state index in [1.165, 1.54) is 16.9 Å². The molecule has 0 atom stereocenters. The summed E-state index contributed by atoms with van der Waals surface area (Å²) in [5.41, 5.74) is 4.63. The lowest BCUT2D eigenvalue weighted by atomic mass is 10.0. The van der Waals surface area contributed by atoms with Crippen LogP contribution in [0.1, 0.15) is 29.7 Å². The minimum Gasteiger partial charge on any atom is -0.312 e. The van der Waals surface area contributed by atoms with E-state index in [4.69, 9.17) is 0 Å². The van der Waals surface area contributed by atoms with Gasteiger partial charge in [0.05, 0.1) is 10.0 Å². The summed E-state index contributed by atoms with van der Waals surface area (Å²) in [5, 5.41) is 3.92. The van der Waals surface area contributed by atoms with Crippen LogP contribution in [0.2, 0.25) is 0 Å². The third-order valence-electron chi connectivity index (χ3n) is 3.95. The number of thiophene rings is 1. The Hall–Kier alpha value is -1.99. The fourth-order valence-electron chi connectivity index (χ4n) is 2.77. The zero-order valence-electron chi connectivity index (χ0n) is 13.6. The topological polar surface area (TPSA) is 61.8 Å². The van der Waals surface area contributed by atoms with Gasteiger partial charge in [0.15, 0.2) is 0 Å². The standard InChI is InChI=1S/C18H18BrN3O2S/c19-16-8-7-14(25-16)12-20-21-17(23)9-10-18(24)22-11-3-5-13-4-1-2-6-15(13)22/h1-2,4,6-8,12H,3,5,9-11H2,(H,21,23)/b20-12+. The number of benzene rings is 1. The smallest absolute Gasteiger partial charge is 0.240 e. The number of carbonyl (C=O) groups excluding carboxylic acids is 2. The van der Waals surface area contributed by atoms with Crippen LogP contribution in [0, 0.1) is 0 Å². The average molecular weight is 420 g/mol. The van der Waals surface area contributed by atoms with Gasteiger partial charge < -0.3 is 4.90 Å². The molecule has 1 aromatic heterocycles. The molecule has 0 fully saturated rings. The maximum Gasteiger partial charge on any atom is 0.240 e. The lowest BCUT2D eigenvalue weighted by Crippen LogP contribution is -2.36.